The van der Waals surface area contributed by atoms with Crippen molar-refractivity contribution < 1.29 is 28.7 Å². The predicted octanol–water partition coefficient (Wildman–Crippen LogP) is 2.52. The van der Waals surface area contributed by atoms with Gasteiger partial charge in [0.25, 0.3) is 17.7 Å². The van der Waals surface area contributed by atoms with E-state index in [2.05, 4.69) is 5.32 Å². The maximum Gasteiger partial charge on any atom is 0.338 e. The largest absolute Gasteiger partial charge is 0.497 e. The molecule has 2 aliphatic rings. The molecule has 3 amide bonds. The van der Waals surface area contributed by atoms with Gasteiger partial charge in [-0.25, -0.2) is 9.69 Å². The van der Waals surface area contributed by atoms with Gasteiger partial charge in [-0.2, -0.15) is 0 Å². The van der Waals surface area contributed by atoms with Crippen LogP contribution < -0.4 is 15.0 Å². The normalized spacial score (nSPS) is 16.2. The van der Waals surface area contributed by atoms with Gasteiger partial charge >= 0.3 is 5.97 Å². The molecule has 1 saturated heterocycles. The number of carbonyl (C=O) groups excluding carboxylic acids is 4. The van der Waals surface area contributed by atoms with Crippen LogP contribution in [0.5, 0.6) is 5.75 Å². The van der Waals surface area contributed by atoms with Crippen LogP contribution in [0.15, 0.2) is 60.3 Å². The van der Waals surface area contributed by atoms with E-state index in [1.165, 1.54) is 18.2 Å². The molecule has 9 nitrogen and oxygen atoms in total. The fourth-order valence-corrected chi connectivity index (χ4v) is 4.14. The molecule has 0 aliphatic carbocycles. The van der Waals surface area contributed by atoms with Gasteiger partial charge in [-0.05, 0) is 68.3 Å². The summed E-state index contributed by atoms with van der Waals surface area (Å²) >= 11 is 0. The lowest BCUT2D eigenvalue weighted by atomic mass is 10.0. The Morgan fingerprint density at radius 2 is 1.60 bits per heavy atom. The number of anilines is 1. The molecule has 0 aromatic heterocycles. The summed E-state index contributed by atoms with van der Waals surface area (Å²) in [5, 5.41) is 3.18. The van der Waals surface area contributed by atoms with Crippen molar-refractivity contribution in [3.05, 3.63) is 71.4 Å². The maximum absolute atomic E-state index is 12.9. The van der Waals surface area contributed by atoms with Crippen LogP contribution in [0.25, 0.3) is 0 Å². The molecule has 0 unspecified atom stereocenters. The number of esters is 1. The van der Waals surface area contributed by atoms with Crippen LogP contribution in [-0.2, 0) is 14.3 Å². The minimum Gasteiger partial charge on any atom is -0.497 e. The molecular weight excluding hydrogens is 450 g/mol. The van der Waals surface area contributed by atoms with E-state index in [0.29, 0.717) is 48.5 Å². The Morgan fingerprint density at radius 1 is 0.971 bits per heavy atom. The van der Waals surface area contributed by atoms with E-state index in [1.54, 1.807) is 55.3 Å². The average molecular weight is 478 g/mol. The first-order chi connectivity index (χ1) is 16.9. The number of piperidine rings is 1. The number of likely N-dealkylation sites (tertiary alicyclic amines) is 1. The molecule has 2 aromatic carbocycles. The van der Waals surface area contributed by atoms with Crippen molar-refractivity contribution in [2.45, 2.75) is 25.8 Å². The number of carbonyl (C=O) groups is 4. The Morgan fingerprint density at radius 3 is 2.20 bits per heavy atom. The maximum atomic E-state index is 12.9. The topological polar surface area (TPSA) is 105 Å². The summed E-state index contributed by atoms with van der Waals surface area (Å²) in [4.78, 5) is 52.9. The van der Waals surface area contributed by atoms with Crippen LogP contribution in [0.2, 0.25) is 0 Å². The molecule has 0 saturated carbocycles. The smallest absolute Gasteiger partial charge is 0.338 e. The third-order valence-electron chi connectivity index (χ3n) is 6.04. The first-order valence-electron chi connectivity index (χ1n) is 11.5. The monoisotopic (exact) mass is 477 g/mol. The average Bonchev–Trinajstić information content (AvgIpc) is 3.16. The highest BCUT2D eigenvalue weighted by molar-refractivity contribution is 6.30. The molecule has 0 radical (unpaired) electrons. The van der Waals surface area contributed by atoms with Gasteiger partial charge < -0.3 is 19.7 Å². The van der Waals surface area contributed by atoms with Gasteiger partial charge in [-0.1, -0.05) is 0 Å². The Bertz CT molecular complexity index is 1150. The number of rotatable bonds is 7. The van der Waals surface area contributed by atoms with Gasteiger partial charge in [0.2, 0.25) is 0 Å². The highest BCUT2D eigenvalue weighted by Crippen LogP contribution is 2.24. The highest BCUT2D eigenvalue weighted by atomic mass is 16.5. The van der Waals surface area contributed by atoms with E-state index in [-0.39, 0.29) is 24.3 Å². The van der Waals surface area contributed by atoms with Crippen LogP contribution in [-0.4, -0.2) is 61.4 Å². The molecule has 4 rings (SSSR count). The van der Waals surface area contributed by atoms with Crippen LogP contribution in [0, 0.1) is 0 Å². The zero-order chi connectivity index (χ0) is 24.9. The fourth-order valence-electron chi connectivity index (χ4n) is 4.14. The first-order valence-corrected chi connectivity index (χ1v) is 11.5. The SMILES string of the molecule is CCOC(=O)c1ccc(N2C(=O)C=C(NC3CCN(C(=O)c4ccc(OC)cc4)CC3)C2=O)cc1. The van der Waals surface area contributed by atoms with E-state index in [4.69, 9.17) is 9.47 Å². The van der Waals surface area contributed by atoms with Gasteiger partial charge in [0, 0.05) is 30.8 Å². The molecule has 2 heterocycles. The number of nitrogens with zero attached hydrogens (tertiary/aromatic N) is 2. The van der Waals surface area contributed by atoms with Crippen molar-refractivity contribution >= 4 is 29.4 Å². The zero-order valence-electron chi connectivity index (χ0n) is 19.7. The molecule has 0 spiro atoms. The standard InChI is InChI=1S/C26H27N3O6/c1-3-35-26(33)18-4-8-20(9-5-18)29-23(30)16-22(25(29)32)27-19-12-14-28(15-13-19)24(31)17-6-10-21(34-2)11-7-17/h4-11,16,19,27H,3,12-15H2,1-2H3. The van der Waals surface area contributed by atoms with E-state index in [1.807, 2.05) is 0 Å². The molecule has 0 atom stereocenters. The lowest BCUT2D eigenvalue weighted by molar-refractivity contribution is -0.120. The molecule has 35 heavy (non-hydrogen) atoms. The number of ether oxygens (including phenoxy) is 2. The summed E-state index contributed by atoms with van der Waals surface area (Å²) in [6.07, 6.45) is 2.58. The number of hydrogen-bond donors (Lipinski definition) is 1. The number of imide groups is 1. The summed E-state index contributed by atoms with van der Waals surface area (Å²) in [6.45, 7) is 3.06. The molecule has 2 aliphatic heterocycles. The molecule has 0 bridgehead atoms. The van der Waals surface area contributed by atoms with Crippen LogP contribution >= 0.6 is 0 Å². The Kier molecular flexibility index (Phi) is 7.14. The predicted molar refractivity (Wildman–Crippen MR) is 128 cm³/mol. The van der Waals surface area contributed by atoms with Crippen LogP contribution in [0.3, 0.4) is 0 Å². The highest BCUT2D eigenvalue weighted by Gasteiger charge is 2.34. The Balaban J connectivity index is 1.33. The quantitative estimate of drug-likeness (QED) is 0.483. The second-order valence-electron chi connectivity index (χ2n) is 8.24. The third kappa shape index (κ3) is 5.18. The van der Waals surface area contributed by atoms with Crippen molar-refractivity contribution in [3.8, 4) is 5.75 Å². The van der Waals surface area contributed by atoms with Gasteiger partial charge in [0.05, 0.1) is 25.0 Å². The lowest BCUT2D eigenvalue weighted by Gasteiger charge is -2.33. The number of amides is 3. The summed E-state index contributed by atoms with van der Waals surface area (Å²) < 4.78 is 10.1. The van der Waals surface area contributed by atoms with Gasteiger partial charge in [-0.15, -0.1) is 0 Å². The summed E-state index contributed by atoms with van der Waals surface area (Å²) in [6, 6.07) is 13.1. The van der Waals surface area contributed by atoms with E-state index < -0.39 is 17.8 Å². The zero-order valence-corrected chi connectivity index (χ0v) is 19.7. The third-order valence-corrected chi connectivity index (χ3v) is 6.04. The van der Waals surface area contributed by atoms with Crippen molar-refractivity contribution in [1.29, 1.82) is 0 Å². The van der Waals surface area contributed by atoms with Gasteiger partial charge in [-0.3, -0.25) is 14.4 Å². The van der Waals surface area contributed by atoms with Crippen molar-refractivity contribution in [2.75, 3.05) is 31.7 Å². The fraction of sp³-hybridized carbons (Fsp3) is 0.308. The lowest BCUT2D eigenvalue weighted by Crippen LogP contribution is -2.45. The van der Waals surface area contributed by atoms with E-state index >= 15 is 0 Å². The van der Waals surface area contributed by atoms with Gasteiger partial charge in [0.15, 0.2) is 0 Å². The molecule has 182 valence electrons. The minimum atomic E-state index is -0.463. The molecule has 1 fully saturated rings. The second-order valence-corrected chi connectivity index (χ2v) is 8.24. The number of methoxy groups -OCH3 is 1. The minimum absolute atomic E-state index is 0.0379. The van der Waals surface area contributed by atoms with Crippen LogP contribution in [0.4, 0.5) is 5.69 Å². The molecule has 9 heteroatoms. The first kappa shape index (κ1) is 24.0. The van der Waals surface area contributed by atoms with Crippen molar-refractivity contribution in [1.82, 2.24) is 10.2 Å². The summed E-state index contributed by atoms with van der Waals surface area (Å²) in [7, 11) is 1.58. The number of hydrogen-bond acceptors (Lipinski definition) is 7. The van der Waals surface area contributed by atoms with Crippen molar-refractivity contribution in [3.63, 3.8) is 0 Å². The van der Waals surface area contributed by atoms with E-state index in [9.17, 15) is 19.2 Å². The van der Waals surface area contributed by atoms with E-state index in [0.717, 1.165) is 4.90 Å². The molecule has 2 aromatic rings. The summed E-state index contributed by atoms with van der Waals surface area (Å²) in [5.74, 6) is -0.716. The van der Waals surface area contributed by atoms with Crippen molar-refractivity contribution in [2.24, 2.45) is 0 Å². The number of nitrogens with one attached hydrogen (secondary N) is 1. The second kappa shape index (κ2) is 10.4. The Labute approximate surface area is 203 Å². The summed E-state index contributed by atoms with van der Waals surface area (Å²) in [5.41, 5.74) is 1.54. The Hall–Kier alpha value is -4.14. The molecule has 1 N–H and O–H groups in total. The number of benzene rings is 2. The van der Waals surface area contributed by atoms with Crippen LogP contribution in [0.1, 0.15) is 40.5 Å². The molecular formula is C26H27N3O6. The van der Waals surface area contributed by atoms with Gasteiger partial charge in [0.1, 0.15) is 11.4 Å².